The van der Waals surface area contributed by atoms with Gasteiger partial charge in [0.2, 0.25) is 0 Å². The fraction of sp³-hybridized carbons (Fsp3) is 0.278. The Balaban J connectivity index is 2.26. The van der Waals surface area contributed by atoms with Crippen LogP contribution in [-0.4, -0.2) is 5.91 Å². The van der Waals surface area contributed by atoms with Gasteiger partial charge in [0.05, 0.1) is 0 Å². The molecule has 1 N–H and O–H groups in total. The number of nitrogens with one attached hydrogen (secondary N) is 1. The Morgan fingerprint density at radius 1 is 1.10 bits per heavy atom. The van der Waals surface area contributed by atoms with Gasteiger partial charge < -0.3 is 5.32 Å². The highest BCUT2D eigenvalue weighted by molar-refractivity contribution is 9.10. The number of carbonyl (C=O) groups is 1. The van der Waals surface area contributed by atoms with E-state index < -0.39 is 0 Å². The van der Waals surface area contributed by atoms with Gasteiger partial charge in [-0.3, -0.25) is 4.79 Å². The summed E-state index contributed by atoms with van der Waals surface area (Å²) in [5, 5.41) is 2.98. The molecule has 0 saturated heterocycles. The smallest absolute Gasteiger partial charge is 0.255 e. The number of hydrogen-bond acceptors (Lipinski definition) is 1. The van der Waals surface area contributed by atoms with E-state index in [2.05, 4.69) is 48.1 Å². The maximum absolute atomic E-state index is 12.4. The van der Waals surface area contributed by atoms with Crippen molar-refractivity contribution in [2.75, 3.05) is 5.32 Å². The van der Waals surface area contributed by atoms with Crippen LogP contribution in [0.3, 0.4) is 0 Å². The minimum atomic E-state index is -0.0835. The molecule has 0 saturated carbocycles. The third kappa shape index (κ3) is 3.73. The van der Waals surface area contributed by atoms with Crippen LogP contribution in [0, 0.1) is 6.92 Å². The first-order valence-corrected chi connectivity index (χ1v) is 7.75. The minimum absolute atomic E-state index is 0.0619. The van der Waals surface area contributed by atoms with Crippen molar-refractivity contribution in [1.29, 1.82) is 0 Å². The number of carbonyl (C=O) groups excluding carboxylic acids is 1. The number of anilines is 1. The lowest BCUT2D eigenvalue weighted by Gasteiger charge is -2.20. The van der Waals surface area contributed by atoms with Crippen molar-refractivity contribution in [2.24, 2.45) is 0 Å². The topological polar surface area (TPSA) is 29.1 Å². The zero-order valence-corrected chi connectivity index (χ0v) is 14.4. The van der Waals surface area contributed by atoms with Gasteiger partial charge in [-0.25, -0.2) is 0 Å². The molecule has 0 fully saturated rings. The van der Waals surface area contributed by atoms with Crippen LogP contribution in [0.4, 0.5) is 5.69 Å². The SMILES string of the molecule is Cc1c(Br)cccc1C(=O)Nc1cccc(C(C)(C)C)c1. The normalized spacial score (nSPS) is 11.3. The molecule has 21 heavy (non-hydrogen) atoms. The fourth-order valence-corrected chi connectivity index (χ4v) is 2.48. The molecule has 0 spiro atoms. The van der Waals surface area contributed by atoms with Crippen molar-refractivity contribution < 1.29 is 4.79 Å². The van der Waals surface area contributed by atoms with E-state index in [1.807, 2.05) is 43.3 Å². The summed E-state index contributed by atoms with van der Waals surface area (Å²) in [5.41, 5.74) is 3.72. The first-order valence-electron chi connectivity index (χ1n) is 6.96. The van der Waals surface area contributed by atoms with Gasteiger partial charge >= 0.3 is 0 Å². The second-order valence-electron chi connectivity index (χ2n) is 6.20. The average molecular weight is 346 g/mol. The molecular formula is C18H20BrNO. The average Bonchev–Trinajstić information content (AvgIpc) is 2.41. The predicted molar refractivity (Wildman–Crippen MR) is 92.0 cm³/mol. The maximum atomic E-state index is 12.4. The van der Waals surface area contributed by atoms with Crippen molar-refractivity contribution in [3.8, 4) is 0 Å². The zero-order valence-electron chi connectivity index (χ0n) is 12.8. The number of halogens is 1. The van der Waals surface area contributed by atoms with Crippen LogP contribution in [0.5, 0.6) is 0 Å². The summed E-state index contributed by atoms with van der Waals surface area (Å²) in [6.45, 7) is 8.41. The van der Waals surface area contributed by atoms with Crippen molar-refractivity contribution in [2.45, 2.75) is 33.1 Å². The van der Waals surface area contributed by atoms with Gasteiger partial charge in [-0.2, -0.15) is 0 Å². The molecule has 0 unspecified atom stereocenters. The van der Waals surface area contributed by atoms with Gasteiger partial charge in [-0.1, -0.05) is 54.9 Å². The van der Waals surface area contributed by atoms with Gasteiger partial charge in [0.15, 0.2) is 0 Å². The monoisotopic (exact) mass is 345 g/mol. The van der Waals surface area contributed by atoms with Crippen LogP contribution < -0.4 is 5.32 Å². The summed E-state index contributed by atoms with van der Waals surface area (Å²) in [6.07, 6.45) is 0. The van der Waals surface area contributed by atoms with Gasteiger partial charge in [0.1, 0.15) is 0 Å². The summed E-state index contributed by atoms with van der Waals surface area (Å²) < 4.78 is 0.943. The highest BCUT2D eigenvalue weighted by Gasteiger charge is 2.15. The molecular weight excluding hydrogens is 326 g/mol. The van der Waals surface area contributed by atoms with E-state index in [0.717, 1.165) is 15.7 Å². The molecule has 2 rings (SSSR count). The Kier molecular flexibility index (Phi) is 4.52. The molecule has 2 nitrogen and oxygen atoms in total. The first-order chi connectivity index (χ1) is 9.79. The van der Waals surface area contributed by atoms with E-state index in [0.29, 0.717) is 5.56 Å². The predicted octanol–water partition coefficient (Wildman–Crippen LogP) is 5.31. The maximum Gasteiger partial charge on any atom is 0.255 e. The molecule has 0 atom stereocenters. The second kappa shape index (κ2) is 6.02. The van der Waals surface area contributed by atoms with Gasteiger partial charge in [0, 0.05) is 15.7 Å². The van der Waals surface area contributed by atoms with E-state index in [1.165, 1.54) is 5.56 Å². The van der Waals surface area contributed by atoms with Crippen molar-refractivity contribution in [3.63, 3.8) is 0 Å². The van der Waals surface area contributed by atoms with Crippen LogP contribution in [0.25, 0.3) is 0 Å². The lowest BCUT2D eigenvalue weighted by Crippen LogP contribution is -2.15. The summed E-state index contributed by atoms with van der Waals surface area (Å²) in [7, 11) is 0. The van der Waals surface area contributed by atoms with Crippen molar-refractivity contribution in [1.82, 2.24) is 0 Å². The highest BCUT2D eigenvalue weighted by atomic mass is 79.9. The summed E-state index contributed by atoms with van der Waals surface area (Å²) in [5.74, 6) is -0.0835. The molecule has 2 aromatic carbocycles. The number of benzene rings is 2. The summed E-state index contributed by atoms with van der Waals surface area (Å²) in [4.78, 5) is 12.4. The van der Waals surface area contributed by atoms with Crippen LogP contribution in [0.15, 0.2) is 46.9 Å². The Hall–Kier alpha value is -1.61. The molecule has 1 amide bonds. The largest absolute Gasteiger partial charge is 0.322 e. The first kappa shape index (κ1) is 15.8. The van der Waals surface area contributed by atoms with E-state index in [9.17, 15) is 4.79 Å². The number of rotatable bonds is 2. The van der Waals surface area contributed by atoms with Gasteiger partial charge in [0.25, 0.3) is 5.91 Å². The second-order valence-corrected chi connectivity index (χ2v) is 7.05. The Bertz CT molecular complexity index is 671. The Morgan fingerprint density at radius 2 is 1.76 bits per heavy atom. The fourth-order valence-electron chi connectivity index (χ4n) is 2.12. The van der Waals surface area contributed by atoms with Crippen molar-refractivity contribution >= 4 is 27.5 Å². The molecule has 0 aliphatic carbocycles. The molecule has 3 heteroatoms. The molecule has 0 radical (unpaired) electrons. The van der Waals surface area contributed by atoms with Crippen LogP contribution >= 0.6 is 15.9 Å². The van der Waals surface area contributed by atoms with Crippen LogP contribution in [0.1, 0.15) is 42.3 Å². The minimum Gasteiger partial charge on any atom is -0.322 e. The van der Waals surface area contributed by atoms with E-state index in [-0.39, 0.29) is 11.3 Å². The van der Waals surface area contributed by atoms with E-state index in [1.54, 1.807) is 0 Å². The summed E-state index contributed by atoms with van der Waals surface area (Å²) in [6, 6.07) is 13.7. The molecule has 0 aliphatic heterocycles. The molecule has 110 valence electrons. The summed E-state index contributed by atoms with van der Waals surface area (Å²) >= 11 is 3.46. The van der Waals surface area contributed by atoms with E-state index in [4.69, 9.17) is 0 Å². The highest BCUT2D eigenvalue weighted by Crippen LogP contribution is 2.25. The van der Waals surface area contributed by atoms with Crippen molar-refractivity contribution in [3.05, 3.63) is 63.6 Å². The Morgan fingerprint density at radius 3 is 2.43 bits per heavy atom. The molecule has 0 aromatic heterocycles. The van der Waals surface area contributed by atoms with Crippen LogP contribution in [0.2, 0.25) is 0 Å². The van der Waals surface area contributed by atoms with Gasteiger partial charge in [-0.05, 0) is 47.7 Å². The molecule has 0 bridgehead atoms. The van der Waals surface area contributed by atoms with Crippen LogP contribution in [-0.2, 0) is 5.41 Å². The molecule has 0 aliphatic rings. The zero-order chi connectivity index (χ0) is 15.6. The molecule has 0 heterocycles. The molecule has 2 aromatic rings. The third-order valence-electron chi connectivity index (χ3n) is 3.50. The number of hydrogen-bond donors (Lipinski definition) is 1. The third-order valence-corrected chi connectivity index (χ3v) is 4.36. The quantitative estimate of drug-likeness (QED) is 0.785. The van der Waals surface area contributed by atoms with E-state index >= 15 is 0 Å². The lowest BCUT2D eigenvalue weighted by atomic mass is 9.87. The van der Waals surface area contributed by atoms with Gasteiger partial charge in [-0.15, -0.1) is 0 Å². The Labute approximate surface area is 134 Å². The number of amides is 1. The standard InChI is InChI=1S/C18H20BrNO/c1-12-15(9-6-10-16(12)19)17(21)20-14-8-5-7-13(11-14)18(2,3)4/h5-11H,1-4H3,(H,20,21). The lowest BCUT2D eigenvalue weighted by molar-refractivity contribution is 0.102.